The van der Waals surface area contributed by atoms with Gasteiger partial charge < -0.3 is 9.47 Å². The Hall–Kier alpha value is -0.570. The number of rotatable bonds is 4. The Bertz CT molecular complexity index is 158. The van der Waals surface area contributed by atoms with Crippen molar-refractivity contribution in [1.82, 2.24) is 0 Å². The van der Waals surface area contributed by atoms with E-state index >= 15 is 0 Å². The molecule has 13 heavy (non-hydrogen) atoms. The number of ether oxygens (including phenoxy) is 2. The third-order valence-corrected chi connectivity index (χ3v) is 1.51. The van der Waals surface area contributed by atoms with Gasteiger partial charge in [-0.05, 0) is 27.2 Å². The molecule has 3 heteroatoms. The van der Waals surface area contributed by atoms with Gasteiger partial charge in [0.25, 0.3) is 0 Å². The van der Waals surface area contributed by atoms with Crippen LogP contribution in [0, 0.1) is 0 Å². The molecule has 3 nitrogen and oxygen atoms in total. The van der Waals surface area contributed by atoms with Gasteiger partial charge in [0, 0.05) is 7.11 Å². The fraction of sp³-hybridized carbons (Fsp3) is 0.900. The van der Waals surface area contributed by atoms with Crippen LogP contribution >= 0.6 is 0 Å². The van der Waals surface area contributed by atoms with E-state index in [0.29, 0.717) is 6.42 Å². The number of hydrogen-bond acceptors (Lipinski definition) is 3. The summed E-state index contributed by atoms with van der Waals surface area (Å²) >= 11 is 0. The molecule has 0 bridgehead atoms. The number of methoxy groups -OCH3 is 1. The summed E-state index contributed by atoms with van der Waals surface area (Å²) in [7, 11) is 1.53. The van der Waals surface area contributed by atoms with Gasteiger partial charge in [-0.25, -0.2) is 4.79 Å². The molecule has 1 atom stereocenters. The van der Waals surface area contributed by atoms with Crippen molar-refractivity contribution < 1.29 is 14.3 Å². The van der Waals surface area contributed by atoms with Gasteiger partial charge >= 0.3 is 5.97 Å². The molecule has 0 spiro atoms. The second-order valence-electron chi connectivity index (χ2n) is 4.05. The molecule has 0 N–H and O–H groups in total. The molecule has 0 amide bonds. The first kappa shape index (κ1) is 12.4. The fourth-order valence-electron chi connectivity index (χ4n) is 0.962. The molecule has 0 fully saturated rings. The summed E-state index contributed by atoms with van der Waals surface area (Å²) < 4.78 is 10.2. The molecule has 0 radical (unpaired) electrons. The Balaban J connectivity index is 4.06. The first-order chi connectivity index (χ1) is 5.90. The van der Waals surface area contributed by atoms with Crippen molar-refractivity contribution >= 4 is 5.97 Å². The summed E-state index contributed by atoms with van der Waals surface area (Å²) in [6, 6.07) is 0. The third-order valence-electron chi connectivity index (χ3n) is 1.51. The molecular formula is C10H20O3. The maximum Gasteiger partial charge on any atom is 0.335 e. The first-order valence-electron chi connectivity index (χ1n) is 4.66. The molecule has 0 aromatic rings. The quantitative estimate of drug-likeness (QED) is 0.634. The Labute approximate surface area is 80.4 Å². The highest BCUT2D eigenvalue weighted by Crippen LogP contribution is 2.11. The smallest absolute Gasteiger partial charge is 0.335 e. The second-order valence-corrected chi connectivity index (χ2v) is 4.05. The molecule has 0 heterocycles. The molecular weight excluding hydrogens is 168 g/mol. The number of esters is 1. The lowest BCUT2D eigenvalue weighted by atomic mass is 10.1. The highest BCUT2D eigenvalue weighted by molar-refractivity contribution is 5.75. The third kappa shape index (κ3) is 5.64. The fourth-order valence-corrected chi connectivity index (χ4v) is 0.962. The predicted octanol–water partition coefficient (Wildman–Crippen LogP) is 2.14. The summed E-state index contributed by atoms with van der Waals surface area (Å²) in [6.07, 6.45) is 1.22. The van der Waals surface area contributed by atoms with Gasteiger partial charge in [0.05, 0.1) is 0 Å². The SMILES string of the molecule is CCCC(OC)C(=O)OC(C)(C)C. The largest absolute Gasteiger partial charge is 0.458 e. The summed E-state index contributed by atoms with van der Waals surface area (Å²) in [4.78, 5) is 11.4. The molecule has 0 aliphatic heterocycles. The maximum atomic E-state index is 11.4. The van der Waals surface area contributed by atoms with Crippen LogP contribution in [0.15, 0.2) is 0 Å². The van der Waals surface area contributed by atoms with Crippen molar-refractivity contribution in [2.75, 3.05) is 7.11 Å². The van der Waals surface area contributed by atoms with Gasteiger partial charge in [-0.2, -0.15) is 0 Å². The molecule has 0 aromatic carbocycles. The molecule has 0 aliphatic rings. The second kappa shape index (κ2) is 5.22. The highest BCUT2D eigenvalue weighted by atomic mass is 16.6. The van der Waals surface area contributed by atoms with Crippen molar-refractivity contribution in [3.8, 4) is 0 Å². The predicted molar refractivity (Wildman–Crippen MR) is 51.6 cm³/mol. The van der Waals surface area contributed by atoms with Gasteiger partial charge in [-0.1, -0.05) is 13.3 Å². The summed E-state index contributed by atoms with van der Waals surface area (Å²) in [5.41, 5.74) is -0.429. The van der Waals surface area contributed by atoms with Crippen molar-refractivity contribution in [3.05, 3.63) is 0 Å². The van der Waals surface area contributed by atoms with E-state index in [1.165, 1.54) is 7.11 Å². The van der Waals surface area contributed by atoms with Gasteiger partial charge in [-0.15, -0.1) is 0 Å². The Morgan fingerprint density at radius 1 is 1.38 bits per heavy atom. The molecule has 1 unspecified atom stereocenters. The number of hydrogen-bond donors (Lipinski definition) is 0. The van der Waals surface area contributed by atoms with E-state index < -0.39 is 11.7 Å². The summed E-state index contributed by atoms with van der Waals surface area (Å²) in [5, 5.41) is 0. The van der Waals surface area contributed by atoms with E-state index in [1.807, 2.05) is 27.7 Å². The van der Waals surface area contributed by atoms with E-state index in [-0.39, 0.29) is 5.97 Å². The minimum atomic E-state index is -0.429. The van der Waals surface area contributed by atoms with Gasteiger partial charge in [-0.3, -0.25) is 0 Å². The van der Waals surface area contributed by atoms with E-state index in [1.54, 1.807) is 0 Å². The van der Waals surface area contributed by atoms with E-state index in [0.717, 1.165) is 6.42 Å². The average molecular weight is 188 g/mol. The summed E-state index contributed by atoms with van der Waals surface area (Å²) in [5.74, 6) is -0.267. The average Bonchev–Trinajstić information content (AvgIpc) is 1.96. The van der Waals surface area contributed by atoms with Crippen LogP contribution in [0.2, 0.25) is 0 Å². The standard InChI is InChI=1S/C10H20O3/c1-6-7-8(12-5)9(11)13-10(2,3)4/h8H,6-7H2,1-5H3. The normalized spacial score (nSPS) is 13.9. The van der Waals surface area contributed by atoms with Crippen LogP contribution in [0.4, 0.5) is 0 Å². The van der Waals surface area contributed by atoms with Gasteiger partial charge in [0.15, 0.2) is 6.10 Å². The van der Waals surface area contributed by atoms with Crippen LogP contribution < -0.4 is 0 Å². The van der Waals surface area contributed by atoms with Crippen LogP contribution in [-0.2, 0) is 14.3 Å². The first-order valence-corrected chi connectivity index (χ1v) is 4.66. The molecule has 78 valence electrons. The highest BCUT2D eigenvalue weighted by Gasteiger charge is 2.23. The van der Waals surface area contributed by atoms with E-state index in [4.69, 9.17) is 9.47 Å². The monoisotopic (exact) mass is 188 g/mol. The van der Waals surface area contributed by atoms with Crippen LogP contribution in [0.5, 0.6) is 0 Å². The minimum absolute atomic E-state index is 0.267. The molecule has 0 aliphatic carbocycles. The Morgan fingerprint density at radius 2 is 1.92 bits per heavy atom. The molecule has 0 aromatic heterocycles. The lowest BCUT2D eigenvalue weighted by molar-refractivity contribution is -0.167. The van der Waals surface area contributed by atoms with Crippen LogP contribution in [-0.4, -0.2) is 24.8 Å². The minimum Gasteiger partial charge on any atom is -0.458 e. The zero-order chi connectivity index (χ0) is 10.5. The van der Waals surface area contributed by atoms with Crippen molar-refractivity contribution in [2.24, 2.45) is 0 Å². The van der Waals surface area contributed by atoms with Gasteiger partial charge in [0.2, 0.25) is 0 Å². The Kier molecular flexibility index (Phi) is 4.99. The van der Waals surface area contributed by atoms with E-state index in [9.17, 15) is 4.79 Å². The van der Waals surface area contributed by atoms with Crippen molar-refractivity contribution in [1.29, 1.82) is 0 Å². The van der Waals surface area contributed by atoms with E-state index in [2.05, 4.69) is 0 Å². The zero-order valence-electron chi connectivity index (χ0n) is 9.22. The lowest BCUT2D eigenvalue weighted by Gasteiger charge is -2.22. The molecule has 0 saturated carbocycles. The number of carbonyl (C=O) groups is 1. The molecule has 0 saturated heterocycles. The lowest BCUT2D eigenvalue weighted by Crippen LogP contribution is -2.32. The summed E-state index contributed by atoms with van der Waals surface area (Å²) in [6.45, 7) is 7.56. The maximum absolute atomic E-state index is 11.4. The van der Waals surface area contributed by atoms with Crippen molar-refractivity contribution in [3.63, 3.8) is 0 Å². The zero-order valence-corrected chi connectivity index (χ0v) is 9.22. The molecule has 0 rings (SSSR count). The topological polar surface area (TPSA) is 35.5 Å². The van der Waals surface area contributed by atoms with Crippen LogP contribution in [0.3, 0.4) is 0 Å². The van der Waals surface area contributed by atoms with Crippen LogP contribution in [0.1, 0.15) is 40.5 Å². The van der Waals surface area contributed by atoms with Crippen LogP contribution in [0.25, 0.3) is 0 Å². The van der Waals surface area contributed by atoms with Crippen molar-refractivity contribution in [2.45, 2.75) is 52.2 Å². The van der Waals surface area contributed by atoms with Gasteiger partial charge in [0.1, 0.15) is 5.60 Å². The Morgan fingerprint density at radius 3 is 2.23 bits per heavy atom. The number of carbonyl (C=O) groups excluding carboxylic acids is 1.